The number of nitrogens with zero attached hydrogens (tertiary/aromatic N) is 2. The number of likely N-dealkylation sites (tertiary alicyclic amines) is 1. The molecule has 0 saturated carbocycles. The van der Waals surface area contributed by atoms with Gasteiger partial charge in [0.2, 0.25) is 5.91 Å². The summed E-state index contributed by atoms with van der Waals surface area (Å²) in [6.07, 6.45) is 1.17. The number of hydrogen-bond donors (Lipinski definition) is 2. The summed E-state index contributed by atoms with van der Waals surface area (Å²) in [6, 6.07) is 16.5. The predicted molar refractivity (Wildman–Crippen MR) is 125 cm³/mol. The van der Waals surface area contributed by atoms with Crippen molar-refractivity contribution < 1.29 is 13.9 Å². The molecular weight excluding hydrogens is 407 g/mol. The van der Waals surface area contributed by atoms with Crippen LogP contribution < -0.4 is 10.6 Å². The second-order valence-electron chi connectivity index (χ2n) is 8.02. The van der Waals surface area contributed by atoms with Gasteiger partial charge in [0.1, 0.15) is 11.9 Å². The van der Waals surface area contributed by atoms with Gasteiger partial charge in [-0.3, -0.25) is 9.79 Å². The van der Waals surface area contributed by atoms with Crippen molar-refractivity contribution in [1.82, 2.24) is 15.5 Å². The van der Waals surface area contributed by atoms with Gasteiger partial charge in [0.15, 0.2) is 5.96 Å². The van der Waals surface area contributed by atoms with Gasteiger partial charge in [0.25, 0.3) is 0 Å². The first-order valence-electron chi connectivity index (χ1n) is 11.2. The second-order valence-corrected chi connectivity index (χ2v) is 8.02. The van der Waals surface area contributed by atoms with Crippen LogP contribution in [0.5, 0.6) is 0 Å². The average Bonchev–Trinajstić information content (AvgIpc) is 3.17. The van der Waals surface area contributed by atoms with Crippen LogP contribution >= 0.6 is 0 Å². The second kappa shape index (κ2) is 12.2. The minimum Gasteiger partial charge on any atom is -0.375 e. The van der Waals surface area contributed by atoms with Crippen LogP contribution in [0.1, 0.15) is 30.6 Å². The van der Waals surface area contributed by atoms with Crippen molar-refractivity contribution in [3.05, 3.63) is 71.5 Å². The highest BCUT2D eigenvalue weighted by Gasteiger charge is 2.29. The lowest BCUT2D eigenvalue weighted by Crippen LogP contribution is -2.40. The highest BCUT2D eigenvalue weighted by atomic mass is 19.1. The number of benzene rings is 2. The fraction of sp³-hybridized carbons (Fsp3) is 0.440. The minimum absolute atomic E-state index is 0.213. The van der Waals surface area contributed by atoms with E-state index in [4.69, 9.17) is 4.74 Å². The Labute approximate surface area is 189 Å². The van der Waals surface area contributed by atoms with E-state index in [1.807, 2.05) is 30.0 Å². The number of carbonyl (C=O) groups is 1. The fourth-order valence-corrected chi connectivity index (χ4v) is 3.87. The highest BCUT2D eigenvalue weighted by Crippen LogP contribution is 2.19. The van der Waals surface area contributed by atoms with E-state index in [0.29, 0.717) is 25.5 Å². The third kappa shape index (κ3) is 7.05. The van der Waals surface area contributed by atoms with E-state index in [1.165, 1.54) is 17.7 Å². The zero-order valence-electron chi connectivity index (χ0n) is 18.9. The standard InChI is InChI=1S/C25H33FN4O2/c1-3-27-25(29-17-23(32-2)21-9-11-22(26)12-10-21)28-16-20-15-24(31)30(18-20)14-13-19-7-5-4-6-8-19/h4-12,20,23H,3,13-18H2,1-2H3,(H2,27,28,29). The third-order valence-corrected chi connectivity index (χ3v) is 5.65. The van der Waals surface area contributed by atoms with Crippen molar-refractivity contribution in [2.75, 3.05) is 39.8 Å². The van der Waals surface area contributed by atoms with Gasteiger partial charge in [-0.05, 0) is 36.6 Å². The summed E-state index contributed by atoms with van der Waals surface area (Å²) in [5.74, 6) is 0.876. The first-order chi connectivity index (χ1) is 15.6. The first-order valence-corrected chi connectivity index (χ1v) is 11.2. The van der Waals surface area contributed by atoms with Crippen LogP contribution in [0.2, 0.25) is 0 Å². The molecule has 2 unspecified atom stereocenters. The van der Waals surface area contributed by atoms with Gasteiger partial charge in [-0.25, -0.2) is 4.39 Å². The highest BCUT2D eigenvalue weighted by molar-refractivity contribution is 5.81. The van der Waals surface area contributed by atoms with E-state index < -0.39 is 0 Å². The van der Waals surface area contributed by atoms with Crippen LogP contribution in [0, 0.1) is 11.7 Å². The summed E-state index contributed by atoms with van der Waals surface area (Å²) < 4.78 is 18.7. The minimum atomic E-state index is -0.272. The van der Waals surface area contributed by atoms with E-state index in [1.54, 1.807) is 19.2 Å². The molecule has 0 spiro atoms. The lowest BCUT2D eigenvalue weighted by atomic mass is 10.1. The van der Waals surface area contributed by atoms with Crippen LogP contribution in [0.25, 0.3) is 0 Å². The van der Waals surface area contributed by atoms with Gasteiger partial charge in [-0.2, -0.15) is 0 Å². The zero-order valence-corrected chi connectivity index (χ0v) is 18.9. The normalized spacial score (nSPS) is 17.5. The molecule has 2 aromatic rings. The van der Waals surface area contributed by atoms with Crippen molar-refractivity contribution >= 4 is 11.9 Å². The molecule has 1 saturated heterocycles. The molecule has 6 nitrogen and oxygen atoms in total. The summed E-state index contributed by atoms with van der Waals surface area (Å²) in [6.45, 7) is 5.33. The summed E-state index contributed by atoms with van der Waals surface area (Å²) >= 11 is 0. The number of aliphatic imine (C=N–C) groups is 1. The summed E-state index contributed by atoms with van der Waals surface area (Å²) in [7, 11) is 1.62. The fourth-order valence-electron chi connectivity index (χ4n) is 3.87. The molecule has 0 bridgehead atoms. The Bertz CT molecular complexity index is 873. The van der Waals surface area contributed by atoms with E-state index in [2.05, 4.69) is 27.8 Å². The Morgan fingerprint density at radius 1 is 1.19 bits per heavy atom. The maximum Gasteiger partial charge on any atom is 0.223 e. The molecule has 32 heavy (non-hydrogen) atoms. The van der Waals surface area contributed by atoms with E-state index in [9.17, 15) is 9.18 Å². The summed E-state index contributed by atoms with van der Waals surface area (Å²) in [5.41, 5.74) is 2.13. The van der Waals surface area contributed by atoms with Crippen LogP contribution in [0.3, 0.4) is 0 Å². The van der Waals surface area contributed by atoms with Crippen molar-refractivity contribution in [3.8, 4) is 0 Å². The number of rotatable bonds is 10. The molecule has 1 aliphatic heterocycles. The number of hydrogen-bond acceptors (Lipinski definition) is 3. The summed E-state index contributed by atoms with van der Waals surface area (Å²) in [5, 5.41) is 6.60. The van der Waals surface area contributed by atoms with Gasteiger partial charge >= 0.3 is 0 Å². The van der Waals surface area contributed by atoms with E-state index in [-0.39, 0.29) is 23.7 Å². The molecule has 1 amide bonds. The topological polar surface area (TPSA) is 66.0 Å². The zero-order chi connectivity index (χ0) is 22.8. The Morgan fingerprint density at radius 3 is 2.62 bits per heavy atom. The molecule has 3 rings (SSSR count). The van der Waals surface area contributed by atoms with Crippen molar-refractivity contribution in [1.29, 1.82) is 0 Å². The van der Waals surface area contributed by atoms with Crippen molar-refractivity contribution in [2.24, 2.45) is 10.9 Å². The monoisotopic (exact) mass is 440 g/mol. The lowest BCUT2D eigenvalue weighted by molar-refractivity contribution is -0.127. The van der Waals surface area contributed by atoms with E-state index >= 15 is 0 Å². The first kappa shape index (κ1) is 23.7. The lowest BCUT2D eigenvalue weighted by Gasteiger charge is -2.18. The SMILES string of the molecule is CCNC(=NCC(OC)c1ccc(F)cc1)NCC1CC(=O)N(CCc2ccccc2)C1. The molecular formula is C25H33FN4O2. The quantitative estimate of drug-likeness (QED) is 0.440. The molecule has 1 heterocycles. The molecule has 0 aliphatic carbocycles. The molecule has 2 atom stereocenters. The number of nitrogens with one attached hydrogen (secondary N) is 2. The molecule has 2 aromatic carbocycles. The van der Waals surface area contributed by atoms with Gasteiger partial charge in [0.05, 0.1) is 6.54 Å². The number of amides is 1. The molecule has 1 aliphatic rings. The predicted octanol–water partition coefficient (Wildman–Crippen LogP) is 3.16. The van der Waals surface area contributed by atoms with Gasteiger partial charge in [-0.15, -0.1) is 0 Å². The van der Waals surface area contributed by atoms with Crippen LogP contribution in [0.15, 0.2) is 59.6 Å². The smallest absolute Gasteiger partial charge is 0.223 e. The number of methoxy groups -OCH3 is 1. The number of halogens is 1. The molecule has 7 heteroatoms. The third-order valence-electron chi connectivity index (χ3n) is 5.65. The molecule has 0 aromatic heterocycles. The summed E-state index contributed by atoms with van der Waals surface area (Å²) in [4.78, 5) is 19.0. The average molecular weight is 441 g/mol. The van der Waals surface area contributed by atoms with E-state index in [0.717, 1.165) is 31.6 Å². The van der Waals surface area contributed by atoms with Crippen LogP contribution in [-0.4, -0.2) is 56.6 Å². The maximum absolute atomic E-state index is 13.2. The molecule has 1 fully saturated rings. The van der Waals surface area contributed by atoms with Crippen molar-refractivity contribution in [2.45, 2.75) is 25.9 Å². The number of carbonyl (C=O) groups excluding carboxylic acids is 1. The van der Waals surface area contributed by atoms with Crippen LogP contribution in [-0.2, 0) is 16.0 Å². The van der Waals surface area contributed by atoms with Gasteiger partial charge < -0.3 is 20.3 Å². The van der Waals surface area contributed by atoms with Gasteiger partial charge in [-0.1, -0.05) is 42.5 Å². The molecule has 172 valence electrons. The number of guanidine groups is 1. The number of ether oxygens (including phenoxy) is 1. The Balaban J connectivity index is 1.50. The van der Waals surface area contributed by atoms with Gasteiger partial charge in [0, 0.05) is 45.6 Å². The largest absolute Gasteiger partial charge is 0.375 e. The Kier molecular flexibility index (Phi) is 9.04. The maximum atomic E-state index is 13.2. The van der Waals surface area contributed by atoms with Crippen molar-refractivity contribution in [3.63, 3.8) is 0 Å². The van der Waals surface area contributed by atoms with Crippen LogP contribution in [0.4, 0.5) is 4.39 Å². The Hall–Kier alpha value is -2.93. The molecule has 2 N–H and O–H groups in total. The Morgan fingerprint density at radius 2 is 1.94 bits per heavy atom. The molecule has 0 radical (unpaired) electrons.